The normalized spacial score (nSPS) is 13.2. The Hall–Kier alpha value is -0.540. The van der Waals surface area contributed by atoms with Crippen molar-refractivity contribution in [3.8, 4) is 0 Å². The van der Waals surface area contributed by atoms with Gasteiger partial charge in [-0.05, 0) is 12.8 Å². The molecule has 0 aromatic rings. The summed E-state index contributed by atoms with van der Waals surface area (Å²) in [5.41, 5.74) is 0. The maximum atomic E-state index is 10.6. The van der Waals surface area contributed by atoms with Gasteiger partial charge < -0.3 is 9.84 Å². The van der Waals surface area contributed by atoms with E-state index >= 15 is 0 Å². The molecule has 0 fully saturated rings. The predicted molar refractivity (Wildman–Crippen MR) is 47.1 cm³/mol. The van der Waals surface area contributed by atoms with Crippen LogP contribution in [0.5, 0.6) is 0 Å². The fourth-order valence-corrected chi connectivity index (χ4v) is 0.861. The average molecular weight is 193 g/mol. The molecule has 12 heavy (non-hydrogen) atoms. The molecule has 0 bridgehead atoms. The summed E-state index contributed by atoms with van der Waals surface area (Å²) in [6.07, 6.45) is 4.14. The van der Waals surface area contributed by atoms with Crippen molar-refractivity contribution < 1.29 is 14.6 Å². The van der Waals surface area contributed by atoms with E-state index < -0.39 is 5.97 Å². The number of ether oxygens (including phenoxy) is 1. The average Bonchev–Trinajstić information content (AvgIpc) is 2.10. The fraction of sp³-hybridized carbons (Fsp3) is 0.625. The van der Waals surface area contributed by atoms with Gasteiger partial charge in [0.05, 0.1) is 12.5 Å². The molecule has 4 heteroatoms. The van der Waals surface area contributed by atoms with Crippen molar-refractivity contribution in [3.05, 3.63) is 12.2 Å². The van der Waals surface area contributed by atoms with Crippen LogP contribution in [0.3, 0.4) is 0 Å². The Labute approximate surface area is 77.0 Å². The highest BCUT2D eigenvalue weighted by Crippen LogP contribution is 2.06. The quantitative estimate of drug-likeness (QED) is 0.403. The summed E-state index contributed by atoms with van der Waals surface area (Å²) in [5.74, 6) is -0.412. The van der Waals surface area contributed by atoms with Crippen LogP contribution in [0.2, 0.25) is 0 Å². The molecule has 0 amide bonds. The zero-order chi connectivity index (χ0) is 9.40. The Kier molecular flexibility index (Phi) is 6.81. The minimum Gasteiger partial charge on any atom is -0.466 e. The van der Waals surface area contributed by atoms with Gasteiger partial charge in [-0.2, -0.15) is 0 Å². The molecule has 0 rings (SSSR count). The summed E-state index contributed by atoms with van der Waals surface area (Å²) >= 11 is 5.75. The molecule has 0 saturated heterocycles. The molecule has 0 aromatic heterocycles. The van der Waals surface area contributed by atoms with Crippen molar-refractivity contribution in [3.63, 3.8) is 0 Å². The molecule has 0 aliphatic heterocycles. The second-order valence-electron chi connectivity index (χ2n) is 2.26. The number of allylic oxidation sites excluding steroid dienone is 1. The third kappa shape index (κ3) is 6.19. The number of esters is 1. The van der Waals surface area contributed by atoms with Gasteiger partial charge in [0.1, 0.15) is 0 Å². The van der Waals surface area contributed by atoms with Crippen LogP contribution in [0.4, 0.5) is 0 Å². The van der Waals surface area contributed by atoms with E-state index in [4.69, 9.17) is 16.7 Å². The Morgan fingerprint density at radius 1 is 1.75 bits per heavy atom. The number of carbonyl (C=O) groups is 1. The van der Waals surface area contributed by atoms with E-state index in [1.165, 1.54) is 13.2 Å². The van der Waals surface area contributed by atoms with Crippen LogP contribution >= 0.6 is 11.6 Å². The molecule has 0 heterocycles. The van der Waals surface area contributed by atoms with Gasteiger partial charge in [-0.25, -0.2) is 4.79 Å². The molecular weight excluding hydrogens is 180 g/mol. The molecule has 1 atom stereocenters. The second-order valence-corrected chi connectivity index (χ2v) is 2.82. The number of hydrogen-bond donors (Lipinski definition) is 1. The molecule has 0 saturated carbocycles. The molecular formula is C8H13ClO3. The lowest BCUT2D eigenvalue weighted by Gasteiger charge is -2.00. The molecule has 0 radical (unpaired) electrons. The van der Waals surface area contributed by atoms with Gasteiger partial charge in [-0.3, -0.25) is 0 Å². The van der Waals surface area contributed by atoms with Crippen molar-refractivity contribution in [1.29, 1.82) is 0 Å². The van der Waals surface area contributed by atoms with Crippen LogP contribution in [-0.4, -0.2) is 30.2 Å². The lowest BCUT2D eigenvalue weighted by Crippen LogP contribution is -1.99. The van der Waals surface area contributed by atoms with Crippen LogP contribution in [0.15, 0.2) is 12.2 Å². The standard InChI is InChI=1S/C8H13ClO3/c1-12-8(11)5-4-7(9)3-2-6-10/h4-5,7,10H,2-3,6H2,1H3/b5-4+. The summed E-state index contributed by atoms with van der Waals surface area (Å²) in [5, 5.41) is 8.25. The van der Waals surface area contributed by atoms with Crippen molar-refractivity contribution in [2.24, 2.45) is 0 Å². The van der Waals surface area contributed by atoms with Crippen molar-refractivity contribution in [1.82, 2.24) is 0 Å². The Morgan fingerprint density at radius 3 is 2.92 bits per heavy atom. The Bertz CT molecular complexity index is 156. The summed E-state index contributed by atoms with van der Waals surface area (Å²) in [7, 11) is 1.31. The monoisotopic (exact) mass is 192 g/mol. The van der Waals surface area contributed by atoms with E-state index in [-0.39, 0.29) is 12.0 Å². The van der Waals surface area contributed by atoms with Gasteiger partial charge >= 0.3 is 5.97 Å². The molecule has 70 valence electrons. The highest BCUT2D eigenvalue weighted by molar-refractivity contribution is 6.21. The first kappa shape index (κ1) is 11.5. The molecule has 3 nitrogen and oxygen atoms in total. The van der Waals surface area contributed by atoms with Gasteiger partial charge in [0, 0.05) is 12.7 Å². The summed E-state index contributed by atoms with van der Waals surface area (Å²) in [4.78, 5) is 10.6. The van der Waals surface area contributed by atoms with Crippen LogP contribution in [0.25, 0.3) is 0 Å². The van der Waals surface area contributed by atoms with Crippen LogP contribution < -0.4 is 0 Å². The molecule has 1 N–H and O–H groups in total. The molecule has 0 aromatic carbocycles. The third-order valence-corrected chi connectivity index (χ3v) is 1.64. The third-order valence-electron chi connectivity index (χ3n) is 1.28. The predicted octanol–water partition coefficient (Wildman–Crippen LogP) is 1.10. The number of aliphatic hydroxyl groups excluding tert-OH is 1. The summed E-state index contributed by atoms with van der Waals surface area (Å²) < 4.78 is 4.37. The molecule has 0 aliphatic rings. The largest absolute Gasteiger partial charge is 0.466 e. The number of aliphatic hydroxyl groups is 1. The number of alkyl halides is 1. The maximum Gasteiger partial charge on any atom is 0.330 e. The number of halogens is 1. The summed E-state index contributed by atoms with van der Waals surface area (Å²) in [6.45, 7) is 0.120. The van der Waals surface area contributed by atoms with E-state index in [0.717, 1.165) is 0 Å². The van der Waals surface area contributed by atoms with Gasteiger partial charge in [-0.15, -0.1) is 11.6 Å². The van der Waals surface area contributed by atoms with Crippen molar-refractivity contribution in [2.45, 2.75) is 18.2 Å². The number of rotatable bonds is 5. The van der Waals surface area contributed by atoms with E-state index in [1.807, 2.05) is 0 Å². The Morgan fingerprint density at radius 2 is 2.42 bits per heavy atom. The number of methoxy groups -OCH3 is 1. The molecule has 0 spiro atoms. The van der Waals surface area contributed by atoms with E-state index in [1.54, 1.807) is 6.08 Å². The topological polar surface area (TPSA) is 46.5 Å². The first-order valence-electron chi connectivity index (χ1n) is 3.71. The molecule has 0 aliphatic carbocycles. The van der Waals surface area contributed by atoms with Gasteiger partial charge in [-0.1, -0.05) is 6.08 Å². The first-order valence-corrected chi connectivity index (χ1v) is 4.15. The highest BCUT2D eigenvalue weighted by Gasteiger charge is 1.99. The maximum absolute atomic E-state index is 10.6. The lowest BCUT2D eigenvalue weighted by atomic mass is 10.2. The van der Waals surface area contributed by atoms with Crippen molar-refractivity contribution >= 4 is 17.6 Å². The van der Waals surface area contributed by atoms with E-state index in [9.17, 15) is 4.79 Å². The Balaban J connectivity index is 3.59. The second kappa shape index (κ2) is 7.13. The zero-order valence-corrected chi connectivity index (χ0v) is 7.75. The summed E-state index contributed by atoms with van der Waals surface area (Å²) in [6, 6.07) is 0. The lowest BCUT2D eigenvalue weighted by molar-refractivity contribution is -0.134. The van der Waals surface area contributed by atoms with E-state index in [2.05, 4.69) is 4.74 Å². The first-order chi connectivity index (χ1) is 5.70. The van der Waals surface area contributed by atoms with E-state index in [0.29, 0.717) is 12.8 Å². The number of carbonyl (C=O) groups excluding carboxylic acids is 1. The number of hydrogen-bond acceptors (Lipinski definition) is 3. The van der Waals surface area contributed by atoms with Crippen LogP contribution in [-0.2, 0) is 9.53 Å². The molecule has 1 unspecified atom stereocenters. The van der Waals surface area contributed by atoms with Crippen LogP contribution in [0, 0.1) is 0 Å². The highest BCUT2D eigenvalue weighted by atomic mass is 35.5. The smallest absolute Gasteiger partial charge is 0.330 e. The van der Waals surface area contributed by atoms with Gasteiger partial charge in [0.15, 0.2) is 0 Å². The van der Waals surface area contributed by atoms with Gasteiger partial charge in [0.25, 0.3) is 0 Å². The zero-order valence-electron chi connectivity index (χ0n) is 7.00. The fourth-order valence-electron chi connectivity index (χ4n) is 0.634. The SMILES string of the molecule is COC(=O)/C=C/C(Cl)CCCO. The minimum absolute atomic E-state index is 0.120. The van der Waals surface area contributed by atoms with Gasteiger partial charge in [0.2, 0.25) is 0 Å². The minimum atomic E-state index is -0.412. The van der Waals surface area contributed by atoms with Crippen LogP contribution in [0.1, 0.15) is 12.8 Å². The van der Waals surface area contributed by atoms with Crippen molar-refractivity contribution in [2.75, 3.05) is 13.7 Å².